The number of carbonyl (C=O) groups excluding carboxylic acids is 1. The van der Waals surface area contributed by atoms with Crippen LogP contribution in [0.1, 0.15) is 48.0 Å². The van der Waals surface area contributed by atoms with Crippen LogP contribution in [-0.4, -0.2) is 42.5 Å². The maximum Gasteiger partial charge on any atom is 0.237 e. The minimum Gasteiger partial charge on any atom is -0.368 e. The first-order chi connectivity index (χ1) is 8.62. The standard InChI is InChI=1S/C15H33N3O/c1-11(2)9-18(10-12(3)4)13(5)8-15(6,17-7)14(16)19/h11-13,17H,8-10H2,1-7H3,(H2,16,19). The molecular weight excluding hydrogens is 238 g/mol. The van der Waals surface area contributed by atoms with Crippen molar-refractivity contribution >= 4 is 5.91 Å². The molecule has 114 valence electrons. The number of rotatable bonds is 9. The molecule has 0 aliphatic heterocycles. The van der Waals surface area contributed by atoms with E-state index in [4.69, 9.17) is 5.73 Å². The van der Waals surface area contributed by atoms with Gasteiger partial charge in [0.1, 0.15) is 0 Å². The minimum atomic E-state index is -0.633. The average molecular weight is 271 g/mol. The van der Waals surface area contributed by atoms with Crippen LogP contribution in [0.25, 0.3) is 0 Å². The zero-order valence-electron chi connectivity index (χ0n) is 13.8. The van der Waals surface area contributed by atoms with Crippen molar-refractivity contribution in [1.29, 1.82) is 0 Å². The molecule has 0 aliphatic rings. The van der Waals surface area contributed by atoms with E-state index >= 15 is 0 Å². The van der Waals surface area contributed by atoms with E-state index in [2.05, 4.69) is 44.8 Å². The maximum absolute atomic E-state index is 11.6. The number of carbonyl (C=O) groups is 1. The second-order valence-electron chi connectivity index (χ2n) is 6.74. The fourth-order valence-corrected chi connectivity index (χ4v) is 2.42. The number of hydrogen-bond acceptors (Lipinski definition) is 3. The highest BCUT2D eigenvalue weighted by atomic mass is 16.1. The Kier molecular flexibility index (Phi) is 7.60. The molecule has 0 saturated carbocycles. The van der Waals surface area contributed by atoms with E-state index in [1.165, 1.54) is 0 Å². The van der Waals surface area contributed by atoms with Crippen LogP contribution in [0.3, 0.4) is 0 Å². The van der Waals surface area contributed by atoms with Gasteiger partial charge >= 0.3 is 0 Å². The molecule has 1 amide bonds. The Labute approximate surface area is 119 Å². The molecule has 4 nitrogen and oxygen atoms in total. The number of nitrogens with zero attached hydrogens (tertiary/aromatic N) is 1. The summed E-state index contributed by atoms with van der Waals surface area (Å²) in [4.78, 5) is 14.1. The summed E-state index contributed by atoms with van der Waals surface area (Å²) in [5, 5.41) is 3.07. The maximum atomic E-state index is 11.6. The molecule has 3 N–H and O–H groups in total. The summed E-state index contributed by atoms with van der Waals surface area (Å²) in [5.41, 5.74) is 4.88. The Morgan fingerprint density at radius 1 is 1.16 bits per heavy atom. The monoisotopic (exact) mass is 271 g/mol. The Balaban J connectivity index is 4.78. The number of nitrogens with two attached hydrogens (primary N) is 1. The molecule has 0 rings (SSSR count). The summed E-state index contributed by atoms with van der Waals surface area (Å²) in [6.07, 6.45) is 0.734. The third-order valence-corrected chi connectivity index (χ3v) is 3.62. The molecule has 0 aliphatic carbocycles. The van der Waals surface area contributed by atoms with Gasteiger partial charge in [0.15, 0.2) is 0 Å². The quantitative estimate of drug-likeness (QED) is 0.673. The van der Waals surface area contributed by atoms with Crippen molar-refractivity contribution in [3.8, 4) is 0 Å². The molecule has 0 spiro atoms. The molecular formula is C15H33N3O. The van der Waals surface area contributed by atoms with Gasteiger partial charge in [-0.1, -0.05) is 27.7 Å². The van der Waals surface area contributed by atoms with Gasteiger partial charge in [-0.15, -0.1) is 0 Å². The molecule has 0 aromatic heterocycles. The van der Waals surface area contributed by atoms with Gasteiger partial charge in [0, 0.05) is 19.1 Å². The van der Waals surface area contributed by atoms with Gasteiger partial charge < -0.3 is 16.0 Å². The summed E-state index contributed by atoms with van der Waals surface area (Å²) in [6, 6.07) is 0.328. The van der Waals surface area contributed by atoms with E-state index in [9.17, 15) is 4.79 Å². The zero-order valence-corrected chi connectivity index (χ0v) is 13.8. The van der Waals surface area contributed by atoms with Crippen molar-refractivity contribution in [2.45, 2.75) is 59.5 Å². The Morgan fingerprint density at radius 2 is 1.58 bits per heavy atom. The summed E-state index contributed by atoms with van der Waals surface area (Å²) < 4.78 is 0. The van der Waals surface area contributed by atoms with Crippen LogP contribution in [-0.2, 0) is 4.79 Å². The summed E-state index contributed by atoms with van der Waals surface area (Å²) in [7, 11) is 1.80. The van der Waals surface area contributed by atoms with Gasteiger partial charge in [0.05, 0.1) is 5.54 Å². The molecule has 4 heteroatoms. The molecule has 0 bridgehead atoms. The van der Waals surface area contributed by atoms with Crippen LogP contribution in [0.2, 0.25) is 0 Å². The van der Waals surface area contributed by atoms with Gasteiger partial charge in [0.2, 0.25) is 5.91 Å². The van der Waals surface area contributed by atoms with Crippen molar-refractivity contribution in [1.82, 2.24) is 10.2 Å². The van der Waals surface area contributed by atoms with Crippen molar-refractivity contribution in [3.05, 3.63) is 0 Å². The van der Waals surface area contributed by atoms with Crippen molar-refractivity contribution in [2.24, 2.45) is 17.6 Å². The average Bonchev–Trinajstić information content (AvgIpc) is 2.26. The number of amides is 1. The lowest BCUT2D eigenvalue weighted by molar-refractivity contribution is -0.124. The molecule has 0 fully saturated rings. The topological polar surface area (TPSA) is 58.4 Å². The lowest BCUT2D eigenvalue weighted by atomic mass is 9.91. The van der Waals surface area contributed by atoms with Gasteiger partial charge in [-0.25, -0.2) is 0 Å². The molecule has 19 heavy (non-hydrogen) atoms. The predicted octanol–water partition coefficient (Wildman–Crippen LogP) is 1.84. The van der Waals surface area contributed by atoms with E-state index in [0.717, 1.165) is 19.5 Å². The van der Waals surface area contributed by atoms with Gasteiger partial charge in [-0.3, -0.25) is 4.79 Å². The smallest absolute Gasteiger partial charge is 0.237 e. The fourth-order valence-electron chi connectivity index (χ4n) is 2.42. The first kappa shape index (κ1) is 18.4. The SMILES string of the molecule is CNC(C)(CC(C)N(CC(C)C)CC(C)C)C(N)=O. The van der Waals surface area contributed by atoms with E-state index in [1.54, 1.807) is 7.05 Å². The van der Waals surface area contributed by atoms with Crippen molar-refractivity contribution < 1.29 is 4.79 Å². The first-order valence-corrected chi connectivity index (χ1v) is 7.35. The number of nitrogens with one attached hydrogen (secondary N) is 1. The van der Waals surface area contributed by atoms with Crippen LogP contribution in [0.4, 0.5) is 0 Å². The summed E-state index contributed by atoms with van der Waals surface area (Å²) in [5.74, 6) is 0.960. The largest absolute Gasteiger partial charge is 0.368 e. The minimum absolute atomic E-state index is 0.282. The van der Waals surface area contributed by atoms with E-state index in [0.29, 0.717) is 17.9 Å². The number of hydrogen-bond donors (Lipinski definition) is 2. The summed E-state index contributed by atoms with van der Waals surface area (Å²) >= 11 is 0. The predicted molar refractivity (Wildman–Crippen MR) is 82.0 cm³/mol. The Hall–Kier alpha value is -0.610. The summed E-state index contributed by atoms with van der Waals surface area (Å²) in [6.45, 7) is 15.1. The van der Waals surface area contributed by atoms with E-state index < -0.39 is 5.54 Å². The number of primary amides is 1. The molecule has 0 aromatic carbocycles. The molecule has 2 unspecified atom stereocenters. The third-order valence-electron chi connectivity index (χ3n) is 3.62. The number of likely N-dealkylation sites (N-methyl/N-ethyl adjacent to an activating group) is 1. The van der Waals surface area contributed by atoms with Crippen LogP contribution >= 0.6 is 0 Å². The lowest BCUT2D eigenvalue weighted by Gasteiger charge is -2.37. The Morgan fingerprint density at radius 3 is 1.84 bits per heavy atom. The molecule has 0 saturated heterocycles. The lowest BCUT2D eigenvalue weighted by Crippen LogP contribution is -2.55. The van der Waals surface area contributed by atoms with Gasteiger partial charge in [0.25, 0.3) is 0 Å². The highest BCUT2D eigenvalue weighted by Gasteiger charge is 2.32. The van der Waals surface area contributed by atoms with Gasteiger partial charge in [-0.05, 0) is 39.2 Å². The first-order valence-electron chi connectivity index (χ1n) is 7.35. The fraction of sp³-hybridized carbons (Fsp3) is 0.933. The second-order valence-corrected chi connectivity index (χ2v) is 6.74. The molecule has 0 radical (unpaired) electrons. The third kappa shape index (κ3) is 6.39. The van der Waals surface area contributed by atoms with Crippen molar-refractivity contribution in [3.63, 3.8) is 0 Å². The molecule has 0 heterocycles. The Bertz CT molecular complexity index is 269. The van der Waals surface area contributed by atoms with E-state index in [1.807, 2.05) is 6.92 Å². The molecule has 0 aromatic rings. The van der Waals surface area contributed by atoms with Crippen LogP contribution in [0.15, 0.2) is 0 Å². The van der Waals surface area contributed by atoms with Crippen LogP contribution in [0.5, 0.6) is 0 Å². The van der Waals surface area contributed by atoms with Crippen LogP contribution in [0, 0.1) is 11.8 Å². The van der Waals surface area contributed by atoms with Crippen molar-refractivity contribution in [2.75, 3.05) is 20.1 Å². The van der Waals surface area contributed by atoms with Crippen LogP contribution < -0.4 is 11.1 Å². The van der Waals surface area contributed by atoms with E-state index in [-0.39, 0.29) is 5.91 Å². The molecule has 2 atom stereocenters. The highest BCUT2D eigenvalue weighted by Crippen LogP contribution is 2.18. The second kappa shape index (κ2) is 7.85. The highest BCUT2D eigenvalue weighted by molar-refractivity contribution is 5.84. The normalized spacial score (nSPS) is 16.9. The van der Waals surface area contributed by atoms with Gasteiger partial charge in [-0.2, -0.15) is 0 Å². The zero-order chi connectivity index (χ0) is 15.2.